The lowest BCUT2D eigenvalue weighted by Gasteiger charge is -1.75. The SMILES string of the molecule is N=CN=NC1=C[NH2+]C=C1. The summed E-state index contributed by atoms with van der Waals surface area (Å²) in [6.45, 7) is 0. The van der Waals surface area contributed by atoms with Gasteiger partial charge in [-0.25, -0.2) is 0 Å². The summed E-state index contributed by atoms with van der Waals surface area (Å²) >= 11 is 0. The first-order valence-electron chi connectivity index (χ1n) is 2.55. The molecule has 0 bridgehead atoms. The van der Waals surface area contributed by atoms with E-state index in [-0.39, 0.29) is 0 Å². The second kappa shape index (κ2) is 2.88. The molecule has 0 atom stereocenters. The van der Waals surface area contributed by atoms with Crippen molar-refractivity contribution < 1.29 is 5.32 Å². The van der Waals surface area contributed by atoms with Gasteiger partial charge in [0, 0.05) is 6.08 Å². The van der Waals surface area contributed by atoms with Gasteiger partial charge >= 0.3 is 0 Å². The average molecular weight is 123 g/mol. The maximum Gasteiger partial charge on any atom is 0.144 e. The van der Waals surface area contributed by atoms with Crippen LogP contribution in [0.3, 0.4) is 0 Å². The van der Waals surface area contributed by atoms with Crippen molar-refractivity contribution in [2.45, 2.75) is 0 Å². The highest BCUT2D eigenvalue weighted by Gasteiger charge is 1.95. The van der Waals surface area contributed by atoms with E-state index in [1.165, 1.54) is 0 Å². The molecule has 1 heterocycles. The van der Waals surface area contributed by atoms with Gasteiger partial charge in [0.15, 0.2) is 0 Å². The van der Waals surface area contributed by atoms with Crippen LogP contribution in [-0.2, 0) is 0 Å². The minimum atomic E-state index is 0.790. The van der Waals surface area contributed by atoms with Gasteiger partial charge in [-0.2, -0.15) is 0 Å². The Morgan fingerprint density at radius 1 is 1.67 bits per heavy atom. The van der Waals surface area contributed by atoms with E-state index in [2.05, 4.69) is 10.2 Å². The number of hydrogen-bond acceptors (Lipinski definition) is 2. The summed E-state index contributed by atoms with van der Waals surface area (Å²) in [6, 6.07) is 0. The summed E-state index contributed by atoms with van der Waals surface area (Å²) in [5.41, 5.74) is 0.790. The lowest BCUT2D eigenvalue weighted by Crippen LogP contribution is -2.69. The van der Waals surface area contributed by atoms with Crippen molar-refractivity contribution in [3.05, 3.63) is 24.2 Å². The molecule has 46 valence electrons. The van der Waals surface area contributed by atoms with Crippen molar-refractivity contribution in [2.24, 2.45) is 10.2 Å². The minimum absolute atomic E-state index is 0.790. The third-order valence-electron chi connectivity index (χ3n) is 0.876. The Balaban J connectivity index is 2.53. The molecule has 0 amide bonds. The quantitative estimate of drug-likeness (QED) is 0.294. The lowest BCUT2D eigenvalue weighted by molar-refractivity contribution is -0.510. The molecule has 0 aromatic rings. The summed E-state index contributed by atoms with van der Waals surface area (Å²) in [5.74, 6) is 0. The number of rotatable bonds is 2. The van der Waals surface area contributed by atoms with Crippen molar-refractivity contribution in [3.63, 3.8) is 0 Å². The molecule has 0 saturated carbocycles. The first kappa shape index (κ1) is 5.84. The Morgan fingerprint density at radius 2 is 2.56 bits per heavy atom. The molecule has 4 heteroatoms. The van der Waals surface area contributed by atoms with Crippen molar-refractivity contribution in [1.29, 1.82) is 5.41 Å². The molecule has 0 saturated heterocycles. The van der Waals surface area contributed by atoms with E-state index >= 15 is 0 Å². The molecule has 1 aliphatic rings. The van der Waals surface area contributed by atoms with Crippen LogP contribution < -0.4 is 5.32 Å². The van der Waals surface area contributed by atoms with Crippen LogP contribution in [-0.4, -0.2) is 6.34 Å². The van der Waals surface area contributed by atoms with E-state index in [4.69, 9.17) is 5.41 Å². The highest BCUT2D eigenvalue weighted by molar-refractivity contribution is 5.50. The van der Waals surface area contributed by atoms with Gasteiger partial charge in [-0.3, -0.25) is 10.7 Å². The summed E-state index contributed by atoms with van der Waals surface area (Å²) < 4.78 is 0. The summed E-state index contributed by atoms with van der Waals surface area (Å²) in [6.07, 6.45) is 6.44. The first-order chi connectivity index (χ1) is 4.43. The fraction of sp³-hybridized carbons (Fsp3) is 0. The van der Waals surface area contributed by atoms with Gasteiger partial charge in [-0.05, 0) is 0 Å². The topological polar surface area (TPSA) is 65.2 Å². The van der Waals surface area contributed by atoms with E-state index in [0.717, 1.165) is 12.0 Å². The molecule has 0 unspecified atom stereocenters. The van der Waals surface area contributed by atoms with Crippen LogP contribution in [0.15, 0.2) is 34.4 Å². The molecule has 0 spiro atoms. The number of nitrogens with two attached hydrogens (primary N) is 1. The van der Waals surface area contributed by atoms with E-state index in [1.807, 2.05) is 23.8 Å². The maximum atomic E-state index is 6.52. The normalized spacial score (nSPS) is 16.7. The Kier molecular flexibility index (Phi) is 1.87. The predicted molar refractivity (Wildman–Crippen MR) is 32.8 cm³/mol. The van der Waals surface area contributed by atoms with Gasteiger partial charge in [0.05, 0.1) is 6.20 Å². The van der Waals surface area contributed by atoms with E-state index in [1.54, 1.807) is 0 Å². The third kappa shape index (κ3) is 1.58. The number of quaternary nitrogens is 1. The molecular formula is C5H7N4+. The van der Waals surface area contributed by atoms with Crippen LogP contribution in [0.4, 0.5) is 0 Å². The zero-order chi connectivity index (χ0) is 6.53. The molecule has 9 heavy (non-hydrogen) atoms. The lowest BCUT2D eigenvalue weighted by atomic mass is 10.5. The van der Waals surface area contributed by atoms with Crippen LogP contribution >= 0.6 is 0 Å². The highest BCUT2D eigenvalue weighted by atomic mass is 15.1. The van der Waals surface area contributed by atoms with Crippen molar-refractivity contribution in [2.75, 3.05) is 0 Å². The number of allylic oxidation sites excluding steroid dienone is 1. The fourth-order valence-electron chi connectivity index (χ4n) is 0.526. The second-order valence-corrected chi connectivity index (χ2v) is 1.49. The molecule has 0 aliphatic carbocycles. The summed E-state index contributed by atoms with van der Waals surface area (Å²) in [4.78, 5) is 0. The molecule has 3 N–H and O–H groups in total. The van der Waals surface area contributed by atoms with E-state index in [9.17, 15) is 0 Å². The van der Waals surface area contributed by atoms with E-state index in [0.29, 0.717) is 0 Å². The van der Waals surface area contributed by atoms with Gasteiger partial charge in [0.1, 0.15) is 18.2 Å². The molecule has 1 rings (SSSR count). The van der Waals surface area contributed by atoms with Crippen LogP contribution in [0.2, 0.25) is 0 Å². The number of nitrogens with zero attached hydrogens (tertiary/aromatic N) is 2. The molecule has 4 nitrogen and oxygen atoms in total. The number of azo groups is 1. The van der Waals surface area contributed by atoms with Crippen molar-refractivity contribution in [1.82, 2.24) is 0 Å². The standard InChI is InChI=1S/C5H6N4/c6-4-8-9-5-1-2-7-3-5/h1-4,6-7H/p+1. The van der Waals surface area contributed by atoms with Gasteiger partial charge in [-0.1, -0.05) is 0 Å². The number of nitrogens with one attached hydrogen (secondary N) is 1. The Labute approximate surface area is 52.5 Å². The smallest absolute Gasteiger partial charge is 0.144 e. The molecule has 0 fully saturated rings. The molecular weight excluding hydrogens is 116 g/mol. The van der Waals surface area contributed by atoms with Crippen LogP contribution in [0, 0.1) is 5.41 Å². The van der Waals surface area contributed by atoms with Crippen LogP contribution in [0.5, 0.6) is 0 Å². The van der Waals surface area contributed by atoms with Crippen LogP contribution in [0.1, 0.15) is 0 Å². The molecule has 0 radical (unpaired) electrons. The molecule has 0 aromatic carbocycles. The van der Waals surface area contributed by atoms with Gasteiger partial charge in [0.2, 0.25) is 0 Å². The maximum absolute atomic E-state index is 6.52. The van der Waals surface area contributed by atoms with Crippen LogP contribution in [0.25, 0.3) is 0 Å². The summed E-state index contributed by atoms with van der Waals surface area (Å²) in [7, 11) is 0. The van der Waals surface area contributed by atoms with Gasteiger partial charge in [-0.15, -0.1) is 10.2 Å². The minimum Gasteiger partial charge on any atom is -0.292 e. The van der Waals surface area contributed by atoms with Gasteiger partial charge < -0.3 is 0 Å². The monoisotopic (exact) mass is 123 g/mol. The highest BCUT2D eigenvalue weighted by Crippen LogP contribution is 1.97. The number of hydrogen-bond donors (Lipinski definition) is 2. The predicted octanol–water partition coefficient (Wildman–Crippen LogP) is -0.0222. The van der Waals surface area contributed by atoms with Crippen molar-refractivity contribution in [3.8, 4) is 0 Å². The Hall–Kier alpha value is -1.29. The third-order valence-corrected chi connectivity index (χ3v) is 0.876. The Bertz CT molecular complexity index is 189. The fourth-order valence-corrected chi connectivity index (χ4v) is 0.526. The first-order valence-corrected chi connectivity index (χ1v) is 2.55. The zero-order valence-corrected chi connectivity index (χ0v) is 4.78. The average Bonchev–Trinajstić information content (AvgIpc) is 2.34. The van der Waals surface area contributed by atoms with E-state index < -0.39 is 0 Å². The molecule has 1 aliphatic heterocycles. The van der Waals surface area contributed by atoms with Crippen molar-refractivity contribution >= 4 is 6.34 Å². The second-order valence-electron chi connectivity index (χ2n) is 1.49. The largest absolute Gasteiger partial charge is 0.292 e. The van der Waals surface area contributed by atoms with Gasteiger partial charge in [0.25, 0.3) is 0 Å². The Morgan fingerprint density at radius 3 is 3.11 bits per heavy atom. The molecule has 0 aromatic heterocycles. The summed E-state index contributed by atoms with van der Waals surface area (Å²) in [5, 5.41) is 15.4. The zero-order valence-electron chi connectivity index (χ0n) is 4.78.